The van der Waals surface area contributed by atoms with E-state index in [0.717, 1.165) is 17.6 Å². The van der Waals surface area contributed by atoms with Crippen LogP contribution in [0.5, 0.6) is 5.75 Å². The molecule has 0 amide bonds. The number of carbonyl (C=O) groups excluding carboxylic acids is 1. The first-order valence-corrected chi connectivity index (χ1v) is 4.79. The summed E-state index contributed by atoms with van der Waals surface area (Å²) in [7, 11) is 1.63. The molecule has 1 rings (SSSR count). The minimum absolute atomic E-state index is 0.418. The first-order chi connectivity index (χ1) is 6.69. The Balaban J connectivity index is 3.04. The third-order valence-electron chi connectivity index (χ3n) is 2.28. The predicted molar refractivity (Wildman–Crippen MR) is 56.9 cm³/mol. The van der Waals surface area contributed by atoms with Crippen LogP contribution in [0, 0.1) is 0 Å². The molecule has 0 aliphatic carbocycles. The molecule has 0 N–H and O–H groups in total. The minimum atomic E-state index is 0.418. The summed E-state index contributed by atoms with van der Waals surface area (Å²) in [5, 5.41) is 0. The number of ether oxygens (including phenoxy) is 1. The van der Waals surface area contributed by atoms with E-state index in [4.69, 9.17) is 4.74 Å². The van der Waals surface area contributed by atoms with Crippen molar-refractivity contribution in [1.82, 2.24) is 0 Å². The van der Waals surface area contributed by atoms with Crippen LogP contribution in [0.15, 0.2) is 18.2 Å². The standard InChI is InChI=1S/C12H16O2/c1-9(2)11-5-4-10(6-7-13)12(8-11)14-3/h4-5,7-9H,6H2,1-3H3. The lowest BCUT2D eigenvalue weighted by molar-refractivity contribution is -0.107. The average molecular weight is 192 g/mol. The Bertz CT molecular complexity index is 316. The van der Waals surface area contributed by atoms with Crippen LogP contribution in [0.2, 0.25) is 0 Å². The van der Waals surface area contributed by atoms with Crippen molar-refractivity contribution >= 4 is 6.29 Å². The van der Waals surface area contributed by atoms with Crippen molar-refractivity contribution in [1.29, 1.82) is 0 Å². The van der Waals surface area contributed by atoms with E-state index in [1.807, 2.05) is 18.2 Å². The van der Waals surface area contributed by atoms with Gasteiger partial charge in [0.2, 0.25) is 0 Å². The van der Waals surface area contributed by atoms with Gasteiger partial charge in [-0.1, -0.05) is 26.0 Å². The lowest BCUT2D eigenvalue weighted by atomic mass is 10.00. The second kappa shape index (κ2) is 4.80. The Morgan fingerprint density at radius 2 is 2.14 bits per heavy atom. The predicted octanol–water partition coefficient (Wildman–Crippen LogP) is 2.56. The lowest BCUT2D eigenvalue weighted by Gasteiger charge is -2.10. The molecule has 2 nitrogen and oxygen atoms in total. The maximum Gasteiger partial charge on any atom is 0.124 e. The Morgan fingerprint density at radius 3 is 2.64 bits per heavy atom. The Labute approximate surface area is 84.9 Å². The van der Waals surface area contributed by atoms with E-state index in [0.29, 0.717) is 12.3 Å². The van der Waals surface area contributed by atoms with Crippen LogP contribution in [-0.4, -0.2) is 13.4 Å². The first-order valence-electron chi connectivity index (χ1n) is 4.79. The Hall–Kier alpha value is -1.31. The van der Waals surface area contributed by atoms with Gasteiger partial charge in [0.05, 0.1) is 7.11 Å². The molecule has 0 atom stereocenters. The molecule has 0 heterocycles. The van der Waals surface area contributed by atoms with Gasteiger partial charge in [-0.2, -0.15) is 0 Å². The number of rotatable bonds is 4. The zero-order valence-corrected chi connectivity index (χ0v) is 8.91. The summed E-state index contributed by atoms with van der Waals surface area (Å²) < 4.78 is 5.23. The molecule has 0 aliphatic rings. The third-order valence-corrected chi connectivity index (χ3v) is 2.28. The van der Waals surface area contributed by atoms with Crippen molar-refractivity contribution in [3.8, 4) is 5.75 Å². The molecule has 0 aliphatic heterocycles. The van der Waals surface area contributed by atoms with Gasteiger partial charge in [-0.05, 0) is 17.5 Å². The van der Waals surface area contributed by atoms with Crippen LogP contribution in [0.3, 0.4) is 0 Å². The van der Waals surface area contributed by atoms with Gasteiger partial charge in [-0.3, -0.25) is 0 Å². The summed E-state index contributed by atoms with van der Waals surface area (Å²) in [6.45, 7) is 4.27. The van der Waals surface area contributed by atoms with Gasteiger partial charge in [-0.15, -0.1) is 0 Å². The fourth-order valence-electron chi connectivity index (χ4n) is 1.38. The van der Waals surface area contributed by atoms with Crippen molar-refractivity contribution in [3.05, 3.63) is 29.3 Å². The van der Waals surface area contributed by atoms with E-state index >= 15 is 0 Å². The van der Waals surface area contributed by atoms with E-state index in [9.17, 15) is 4.79 Å². The van der Waals surface area contributed by atoms with Crippen LogP contribution >= 0.6 is 0 Å². The Morgan fingerprint density at radius 1 is 1.43 bits per heavy atom. The second-order valence-corrected chi connectivity index (χ2v) is 3.60. The number of hydrogen-bond donors (Lipinski definition) is 0. The molecule has 0 radical (unpaired) electrons. The van der Waals surface area contributed by atoms with Gasteiger partial charge in [0, 0.05) is 12.0 Å². The van der Waals surface area contributed by atoms with Crippen molar-refractivity contribution in [2.24, 2.45) is 0 Å². The van der Waals surface area contributed by atoms with Crippen LogP contribution < -0.4 is 4.74 Å². The van der Waals surface area contributed by atoms with Crippen molar-refractivity contribution in [3.63, 3.8) is 0 Å². The highest BCUT2D eigenvalue weighted by Gasteiger charge is 2.05. The highest BCUT2D eigenvalue weighted by atomic mass is 16.5. The Kier molecular flexibility index (Phi) is 3.69. The SMILES string of the molecule is COc1cc(C(C)C)ccc1CC=O. The van der Waals surface area contributed by atoms with Crippen LogP contribution in [0.25, 0.3) is 0 Å². The second-order valence-electron chi connectivity index (χ2n) is 3.60. The van der Waals surface area contributed by atoms with Gasteiger partial charge in [0.15, 0.2) is 0 Å². The zero-order valence-electron chi connectivity index (χ0n) is 8.91. The van der Waals surface area contributed by atoms with Crippen LogP contribution in [0.1, 0.15) is 30.9 Å². The molecular weight excluding hydrogens is 176 g/mol. The molecule has 0 saturated heterocycles. The number of hydrogen-bond acceptors (Lipinski definition) is 2. The van der Waals surface area contributed by atoms with Gasteiger partial charge < -0.3 is 9.53 Å². The van der Waals surface area contributed by atoms with Gasteiger partial charge in [0.25, 0.3) is 0 Å². The average Bonchev–Trinajstić information content (AvgIpc) is 2.18. The molecule has 1 aromatic carbocycles. The number of benzene rings is 1. The normalized spacial score (nSPS) is 10.3. The van der Waals surface area contributed by atoms with Crippen molar-refractivity contribution in [2.45, 2.75) is 26.2 Å². The van der Waals surface area contributed by atoms with E-state index in [1.165, 1.54) is 5.56 Å². The molecular formula is C12H16O2. The molecule has 0 bridgehead atoms. The summed E-state index contributed by atoms with van der Waals surface area (Å²) >= 11 is 0. The minimum Gasteiger partial charge on any atom is -0.496 e. The van der Waals surface area contributed by atoms with E-state index in [1.54, 1.807) is 7.11 Å². The highest BCUT2D eigenvalue weighted by molar-refractivity contribution is 5.58. The summed E-state index contributed by atoms with van der Waals surface area (Å²) in [5.74, 6) is 1.29. The fraction of sp³-hybridized carbons (Fsp3) is 0.417. The number of carbonyl (C=O) groups is 1. The van der Waals surface area contributed by atoms with Crippen LogP contribution in [-0.2, 0) is 11.2 Å². The quantitative estimate of drug-likeness (QED) is 0.685. The van der Waals surface area contributed by atoms with Crippen LogP contribution in [0.4, 0.5) is 0 Å². The number of aldehydes is 1. The number of methoxy groups -OCH3 is 1. The van der Waals surface area contributed by atoms with Gasteiger partial charge >= 0.3 is 0 Å². The molecule has 2 heteroatoms. The zero-order chi connectivity index (χ0) is 10.6. The maximum absolute atomic E-state index is 10.4. The third kappa shape index (κ3) is 2.34. The molecule has 0 aromatic heterocycles. The van der Waals surface area contributed by atoms with E-state index in [2.05, 4.69) is 13.8 Å². The monoisotopic (exact) mass is 192 g/mol. The summed E-state index contributed by atoms with van der Waals surface area (Å²) in [6, 6.07) is 6.01. The molecule has 0 saturated carbocycles. The maximum atomic E-state index is 10.4. The van der Waals surface area contributed by atoms with Crippen molar-refractivity contribution < 1.29 is 9.53 Å². The summed E-state index contributed by atoms with van der Waals surface area (Å²) in [6.07, 6.45) is 1.31. The summed E-state index contributed by atoms with van der Waals surface area (Å²) in [5.41, 5.74) is 2.18. The van der Waals surface area contributed by atoms with E-state index in [-0.39, 0.29) is 0 Å². The molecule has 76 valence electrons. The first kappa shape index (κ1) is 10.8. The molecule has 0 fully saturated rings. The summed E-state index contributed by atoms with van der Waals surface area (Å²) in [4.78, 5) is 10.4. The van der Waals surface area contributed by atoms with Gasteiger partial charge in [0.1, 0.15) is 12.0 Å². The molecule has 1 aromatic rings. The lowest BCUT2D eigenvalue weighted by Crippen LogP contribution is -1.96. The fourth-order valence-corrected chi connectivity index (χ4v) is 1.38. The molecule has 0 spiro atoms. The van der Waals surface area contributed by atoms with Gasteiger partial charge in [-0.25, -0.2) is 0 Å². The smallest absolute Gasteiger partial charge is 0.124 e. The van der Waals surface area contributed by atoms with E-state index < -0.39 is 0 Å². The molecule has 0 unspecified atom stereocenters. The topological polar surface area (TPSA) is 26.3 Å². The van der Waals surface area contributed by atoms with Crippen molar-refractivity contribution in [2.75, 3.05) is 7.11 Å². The largest absolute Gasteiger partial charge is 0.496 e. The highest BCUT2D eigenvalue weighted by Crippen LogP contribution is 2.24. The molecule has 14 heavy (non-hydrogen) atoms.